The SMILES string of the molecule is O=C([O-])c1ccncc1C(=O)[O-]. The fraction of sp³-hybridized carbons (Fsp3) is 0. The summed E-state index contributed by atoms with van der Waals surface area (Å²) < 4.78 is 0. The molecule has 1 heterocycles. The highest BCUT2D eigenvalue weighted by molar-refractivity contribution is 5.99. The van der Waals surface area contributed by atoms with Crippen LogP contribution in [0.2, 0.25) is 0 Å². The molecule has 1 aromatic heterocycles. The number of aromatic carboxylic acids is 2. The lowest BCUT2D eigenvalue weighted by molar-refractivity contribution is -0.259. The van der Waals surface area contributed by atoms with Crippen LogP contribution in [-0.4, -0.2) is 16.9 Å². The van der Waals surface area contributed by atoms with E-state index >= 15 is 0 Å². The maximum absolute atomic E-state index is 10.3. The van der Waals surface area contributed by atoms with Crippen molar-refractivity contribution in [3.8, 4) is 0 Å². The van der Waals surface area contributed by atoms with Gasteiger partial charge in [0.05, 0.1) is 11.9 Å². The molecule has 0 atom stereocenters. The standard InChI is InChI=1S/C7H5NO4/c9-6(10)4-1-2-8-3-5(4)7(11)12/h1-3H,(H,9,10)(H,11,12)/p-2. The first kappa shape index (κ1) is 8.19. The number of nitrogens with zero attached hydrogens (tertiary/aromatic N) is 1. The fourth-order valence-electron chi connectivity index (χ4n) is 0.735. The van der Waals surface area contributed by atoms with Crippen molar-refractivity contribution in [3.05, 3.63) is 29.6 Å². The first-order valence-corrected chi connectivity index (χ1v) is 2.99. The third-order valence-electron chi connectivity index (χ3n) is 1.26. The molecule has 1 rings (SSSR count). The van der Waals surface area contributed by atoms with E-state index in [0.717, 1.165) is 18.5 Å². The van der Waals surface area contributed by atoms with Crippen LogP contribution in [-0.2, 0) is 0 Å². The molecule has 0 bridgehead atoms. The molecule has 5 nitrogen and oxygen atoms in total. The Hall–Kier alpha value is -1.91. The normalized spacial score (nSPS) is 9.33. The van der Waals surface area contributed by atoms with Gasteiger partial charge in [0, 0.05) is 23.5 Å². The Bertz CT molecular complexity index is 301. The van der Waals surface area contributed by atoms with Crippen molar-refractivity contribution in [1.82, 2.24) is 4.98 Å². The molecule has 1 aromatic rings. The Morgan fingerprint density at radius 2 is 1.75 bits per heavy atom. The zero-order valence-corrected chi connectivity index (χ0v) is 5.81. The van der Waals surface area contributed by atoms with Crippen LogP contribution in [0.1, 0.15) is 20.7 Å². The molecule has 0 N–H and O–H groups in total. The van der Waals surface area contributed by atoms with Gasteiger partial charge in [-0.1, -0.05) is 0 Å². The lowest BCUT2D eigenvalue weighted by Crippen LogP contribution is -2.30. The predicted molar refractivity (Wildman–Crippen MR) is 32.9 cm³/mol. The van der Waals surface area contributed by atoms with Gasteiger partial charge in [-0.05, 0) is 6.07 Å². The van der Waals surface area contributed by atoms with E-state index in [1.165, 1.54) is 0 Å². The number of hydrogen-bond acceptors (Lipinski definition) is 5. The van der Waals surface area contributed by atoms with E-state index in [9.17, 15) is 19.8 Å². The molecule has 0 radical (unpaired) electrons. The number of carboxylic acids is 2. The van der Waals surface area contributed by atoms with E-state index in [-0.39, 0.29) is 0 Å². The molecule has 62 valence electrons. The van der Waals surface area contributed by atoms with Crippen molar-refractivity contribution in [2.75, 3.05) is 0 Å². The van der Waals surface area contributed by atoms with Crippen LogP contribution in [0.4, 0.5) is 0 Å². The van der Waals surface area contributed by atoms with Crippen LogP contribution in [0.25, 0.3) is 0 Å². The van der Waals surface area contributed by atoms with Crippen LogP contribution in [0.15, 0.2) is 18.5 Å². The molecule has 0 spiro atoms. The zero-order valence-electron chi connectivity index (χ0n) is 5.81. The molecule has 0 saturated carbocycles. The van der Waals surface area contributed by atoms with Gasteiger partial charge in [0.1, 0.15) is 0 Å². The van der Waals surface area contributed by atoms with Crippen LogP contribution < -0.4 is 10.2 Å². The number of hydrogen-bond donors (Lipinski definition) is 0. The Labute approximate surface area is 67.3 Å². The molecule has 0 aliphatic carbocycles. The van der Waals surface area contributed by atoms with Gasteiger partial charge >= 0.3 is 0 Å². The van der Waals surface area contributed by atoms with Crippen molar-refractivity contribution in [2.24, 2.45) is 0 Å². The van der Waals surface area contributed by atoms with Gasteiger partial charge in [-0.3, -0.25) is 4.98 Å². The summed E-state index contributed by atoms with van der Waals surface area (Å²) in [5.41, 5.74) is -0.900. The molecule has 0 saturated heterocycles. The van der Waals surface area contributed by atoms with E-state index in [1.807, 2.05) is 0 Å². The predicted octanol–water partition coefficient (Wildman–Crippen LogP) is -2.19. The number of carbonyl (C=O) groups excluding carboxylic acids is 2. The maximum atomic E-state index is 10.3. The lowest BCUT2D eigenvalue weighted by Gasteiger charge is -2.08. The van der Waals surface area contributed by atoms with Gasteiger partial charge in [0.15, 0.2) is 0 Å². The highest BCUT2D eigenvalue weighted by Crippen LogP contribution is 2.03. The Morgan fingerprint density at radius 3 is 2.17 bits per heavy atom. The number of carbonyl (C=O) groups is 2. The third kappa shape index (κ3) is 1.39. The summed E-state index contributed by atoms with van der Waals surface area (Å²) >= 11 is 0. The van der Waals surface area contributed by atoms with Gasteiger partial charge in [-0.15, -0.1) is 0 Å². The molecule has 0 unspecified atom stereocenters. The van der Waals surface area contributed by atoms with Crippen molar-refractivity contribution in [1.29, 1.82) is 0 Å². The quantitative estimate of drug-likeness (QED) is 0.496. The lowest BCUT2D eigenvalue weighted by atomic mass is 10.1. The van der Waals surface area contributed by atoms with E-state index in [0.29, 0.717) is 0 Å². The zero-order chi connectivity index (χ0) is 9.14. The number of pyridine rings is 1. The molecule has 12 heavy (non-hydrogen) atoms. The third-order valence-corrected chi connectivity index (χ3v) is 1.26. The second-order valence-electron chi connectivity index (χ2n) is 2.00. The summed E-state index contributed by atoms with van der Waals surface area (Å²) in [5.74, 6) is -3.14. The van der Waals surface area contributed by atoms with Crippen LogP contribution >= 0.6 is 0 Å². The monoisotopic (exact) mass is 165 g/mol. The van der Waals surface area contributed by atoms with E-state index < -0.39 is 23.1 Å². The maximum Gasteiger partial charge on any atom is 0.0737 e. The topological polar surface area (TPSA) is 93.2 Å². The van der Waals surface area contributed by atoms with Gasteiger partial charge in [-0.2, -0.15) is 0 Å². The first-order chi connectivity index (χ1) is 5.63. The van der Waals surface area contributed by atoms with Crippen molar-refractivity contribution in [3.63, 3.8) is 0 Å². The summed E-state index contributed by atoms with van der Waals surface area (Å²) in [4.78, 5) is 24.0. The summed E-state index contributed by atoms with van der Waals surface area (Å²) in [7, 11) is 0. The second-order valence-corrected chi connectivity index (χ2v) is 2.00. The van der Waals surface area contributed by atoms with Gasteiger partial charge in [-0.25, -0.2) is 0 Å². The molecule has 0 fully saturated rings. The summed E-state index contributed by atoms with van der Waals surface area (Å²) in [5, 5.41) is 20.6. The molecular formula is C7H3NO4-2. The van der Waals surface area contributed by atoms with Crippen molar-refractivity contribution in [2.45, 2.75) is 0 Å². The summed E-state index contributed by atoms with van der Waals surface area (Å²) in [6.45, 7) is 0. The molecule has 0 aliphatic rings. The molecular weight excluding hydrogens is 162 g/mol. The molecule has 0 amide bonds. The van der Waals surface area contributed by atoms with Gasteiger partial charge < -0.3 is 19.8 Å². The van der Waals surface area contributed by atoms with Gasteiger partial charge in [0.2, 0.25) is 0 Å². The molecule has 5 heteroatoms. The van der Waals surface area contributed by atoms with Crippen LogP contribution in [0.3, 0.4) is 0 Å². The Morgan fingerprint density at radius 1 is 1.17 bits per heavy atom. The Balaban J connectivity index is 3.27. The van der Waals surface area contributed by atoms with E-state index in [4.69, 9.17) is 0 Å². The fourth-order valence-corrected chi connectivity index (χ4v) is 0.735. The Kier molecular flexibility index (Phi) is 2.05. The largest absolute Gasteiger partial charge is 0.545 e. The minimum Gasteiger partial charge on any atom is -0.545 e. The van der Waals surface area contributed by atoms with Crippen molar-refractivity contribution < 1.29 is 19.8 Å². The summed E-state index contributed by atoms with van der Waals surface area (Å²) in [6, 6.07) is 1.04. The average molecular weight is 165 g/mol. The smallest absolute Gasteiger partial charge is 0.0737 e. The van der Waals surface area contributed by atoms with E-state index in [1.54, 1.807) is 0 Å². The number of aromatic nitrogens is 1. The highest BCUT2D eigenvalue weighted by atomic mass is 16.4. The average Bonchev–Trinajstić information content (AvgIpc) is 2.04. The minimum atomic E-state index is -1.58. The molecule has 0 aromatic carbocycles. The highest BCUT2D eigenvalue weighted by Gasteiger charge is 2.02. The van der Waals surface area contributed by atoms with E-state index in [2.05, 4.69) is 4.98 Å². The first-order valence-electron chi connectivity index (χ1n) is 2.99. The molecule has 0 aliphatic heterocycles. The van der Waals surface area contributed by atoms with Gasteiger partial charge in [0.25, 0.3) is 0 Å². The van der Waals surface area contributed by atoms with Crippen LogP contribution in [0, 0.1) is 0 Å². The van der Waals surface area contributed by atoms with Crippen molar-refractivity contribution >= 4 is 11.9 Å². The van der Waals surface area contributed by atoms with Crippen LogP contribution in [0.5, 0.6) is 0 Å². The minimum absolute atomic E-state index is 0.426. The number of carboxylic acid groups (broad SMARTS) is 2. The second kappa shape index (κ2) is 3.00. The summed E-state index contributed by atoms with van der Waals surface area (Å²) in [6.07, 6.45) is 2.07. The number of rotatable bonds is 2.